The molecule has 0 aromatic rings. The van der Waals surface area contributed by atoms with Crippen molar-refractivity contribution in [2.75, 3.05) is 19.6 Å². The molecule has 2 saturated carbocycles. The molecule has 0 heterocycles. The van der Waals surface area contributed by atoms with Gasteiger partial charge in [0.15, 0.2) is 0 Å². The highest BCUT2D eigenvalue weighted by Gasteiger charge is 2.28. The minimum absolute atomic E-state index is 0.427. The third-order valence-electron chi connectivity index (χ3n) is 4.76. The summed E-state index contributed by atoms with van der Waals surface area (Å²) in [5.74, 6) is 1.08. The lowest BCUT2D eigenvalue weighted by Crippen LogP contribution is -2.40. The van der Waals surface area contributed by atoms with E-state index in [0.29, 0.717) is 5.41 Å². The molecule has 2 rings (SSSR count). The van der Waals surface area contributed by atoms with Crippen molar-refractivity contribution in [3.63, 3.8) is 0 Å². The maximum atomic E-state index is 6.04. The average molecular weight is 238 g/mol. The molecule has 2 aliphatic rings. The second kappa shape index (κ2) is 6.75. The van der Waals surface area contributed by atoms with E-state index in [1.807, 2.05) is 0 Å². The average Bonchev–Trinajstić information content (AvgIpc) is 3.16. The van der Waals surface area contributed by atoms with Gasteiger partial charge in [0.2, 0.25) is 0 Å². The summed E-state index contributed by atoms with van der Waals surface area (Å²) in [5.41, 5.74) is 6.47. The predicted octanol–water partition coefficient (Wildman–Crippen LogP) is 3.07. The molecule has 3 N–H and O–H groups in total. The van der Waals surface area contributed by atoms with Crippen LogP contribution in [0.4, 0.5) is 0 Å². The van der Waals surface area contributed by atoms with Gasteiger partial charge in [-0.2, -0.15) is 0 Å². The molecule has 0 atom stereocenters. The summed E-state index contributed by atoms with van der Waals surface area (Å²) in [4.78, 5) is 0. The van der Waals surface area contributed by atoms with E-state index in [1.54, 1.807) is 0 Å². The first-order valence-electron chi connectivity index (χ1n) is 7.75. The van der Waals surface area contributed by atoms with E-state index in [0.717, 1.165) is 19.0 Å². The van der Waals surface area contributed by atoms with Gasteiger partial charge in [-0.15, -0.1) is 0 Å². The Morgan fingerprint density at radius 1 is 1.06 bits per heavy atom. The van der Waals surface area contributed by atoms with Gasteiger partial charge in [0, 0.05) is 6.54 Å². The number of hydrogen-bond donors (Lipinski definition) is 2. The zero-order chi connectivity index (χ0) is 12.0. The van der Waals surface area contributed by atoms with Crippen molar-refractivity contribution in [2.24, 2.45) is 17.1 Å². The van der Waals surface area contributed by atoms with Gasteiger partial charge in [0.25, 0.3) is 0 Å². The van der Waals surface area contributed by atoms with E-state index in [4.69, 9.17) is 5.73 Å². The summed E-state index contributed by atoms with van der Waals surface area (Å²) in [6.07, 6.45) is 14.1. The third kappa shape index (κ3) is 4.59. The smallest absolute Gasteiger partial charge is 0.00199 e. The van der Waals surface area contributed by atoms with Crippen LogP contribution in [0.15, 0.2) is 0 Å². The molecule has 0 aromatic carbocycles. The van der Waals surface area contributed by atoms with Gasteiger partial charge >= 0.3 is 0 Å². The molecule has 100 valence electrons. The third-order valence-corrected chi connectivity index (χ3v) is 4.76. The van der Waals surface area contributed by atoms with Gasteiger partial charge in [-0.3, -0.25) is 0 Å². The SMILES string of the molecule is NCC1(CNCCCC2CC2)CCCCCC1. The van der Waals surface area contributed by atoms with E-state index in [-0.39, 0.29) is 0 Å². The van der Waals surface area contributed by atoms with Crippen molar-refractivity contribution in [3.05, 3.63) is 0 Å². The minimum atomic E-state index is 0.427. The molecule has 2 nitrogen and oxygen atoms in total. The molecule has 2 heteroatoms. The fraction of sp³-hybridized carbons (Fsp3) is 1.00. The maximum absolute atomic E-state index is 6.04. The van der Waals surface area contributed by atoms with E-state index >= 15 is 0 Å². The molecule has 0 amide bonds. The first kappa shape index (κ1) is 13.4. The number of hydrogen-bond acceptors (Lipinski definition) is 2. The molecule has 0 aromatic heterocycles. The molecule has 0 aliphatic heterocycles. The Bertz CT molecular complexity index is 203. The highest BCUT2D eigenvalue weighted by Crippen LogP contribution is 2.34. The Morgan fingerprint density at radius 2 is 1.76 bits per heavy atom. The maximum Gasteiger partial charge on any atom is 0.00199 e. The van der Waals surface area contributed by atoms with Crippen LogP contribution < -0.4 is 11.1 Å². The van der Waals surface area contributed by atoms with Crippen molar-refractivity contribution in [3.8, 4) is 0 Å². The number of nitrogens with two attached hydrogens (primary N) is 1. The van der Waals surface area contributed by atoms with Crippen LogP contribution in [0, 0.1) is 11.3 Å². The minimum Gasteiger partial charge on any atom is -0.330 e. The molecule has 17 heavy (non-hydrogen) atoms. The summed E-state index contributed by atoms with van der Waals surface area (Å²) < 4.78 is 0. The lowest BCUT2D eigenvalue weighted by atomic mass is 9.80. The van der Waals surface area contributed by atoms with Crippen molar-refractivity contribution in [2.45, 2.75) is 64.2 Å². The highest BCUT2D eigenvalue weighted by molar-refractivity contribution is 4.84. The van der Waals surface area contributed by atoms with Gasteiger partial charge in [0.05, 0.1) is 0 Å². The molecule has 0 saturated heterocycles. The van der Waals surface area contributed by atoms with Crippen LogP contribution in [0.5, 0.6) is 0 Å². The normalized spacial score (nSPS) is 24.5. The quantitative estimate of drug-likeness (QED) is 0.528. The standard InChI is InChI=1S/C15H30N2/c16-12-15(9-3-1-2-4-10-15)13-17-11-5-6-14-7-8-14/h14,17H,1-13,16H2. The molecule has 0 bridgehead atoms. The fourth-order valence-electron chi connectivity index (χ4n) is 3.21. The zero-order valence-corrected chi connectivity index (χ0v) is 11.3. The Morgan fingerprint density at radius 3 is 2.35 bits per heavy atom. The van der Waals surface area contributed by atoms with Gasteiger partial charge in [0.1, 0.15) is 0 Å². The van der Waals surface area contributed by atoms with Crippen LogP contribution in [0.1, 0.15) is 64.2 Å². The zero-order valence-electron chi connectivity index (χ0n) is 11.3. The molecular formula is C15H30N2. The highest BCUT2D eigenvalue weighted by atomic mass is 14.9. The Balaban J connectivity index is 1.62. The van der Waals surface area contributed by atoms with Crippen molar-refractivity contribution in [1.82, 2.24) is 5.32 Å². The Hall–Kier alpha value is -0.0800. The van der Waals surface area contributed by atoms with Crippen LogP contribution in [0.2, 0.25) is 0 Å². The summed E-state index contributed by atoms with van der Waals surface area (Å²) in [6.45, 7) is 3.25. The van der Waals surface area contributed by atoms with Crippen LogP contribution in [0.3, 0.4) is 0 Å². The molecule has 0 unspecified atom stereocenters. The van der Waals surface area contributed by atoms with Crippen LogP contribution in [-0.4, -0.2) is 19.6 Å². The monoisotopic (exact) mass is 238 g/mol. The van der Waals surface area contributed by atoms with Crippen molar-refractivity contribution < 1.29 is 0 Å². The van der Waals surface area contributed by atoms with Gasteiger partial charge < -0.3 is 11.1 Å². The Kier molecular flexibility index (Phi) is 5.30. The summed E-state index contributed by atoms with van der Waals surface area (Å²) in [5, 5.41) is 3.68. The lowest BCUT2D eigenvalue weighted by Gasteiger charge is -2.31. The fourth-order valence-corrected chi connectivity index (χ4v) is 3.21. The van der Waals surface area contributed by atoms with E-state index in [2.05, 4.69) is 5.32 Å². The second-order valence-corrected chi connectivity index (χ2v) is 6.38. The van der Waals surface area contributed by atoms with Crippen LogP contribution >= 0.6 is 0 Å². The molecule has 0 radical (unpaired) electrons. The predicted molar refractivity (Wildman–Crippen MR) is 74.0 cm³/mol. The van der Waals surface area contributed by atoms with E-state index < -0.39 is 0 Å². The largest absolute Gasteiger partial charge is 0.330 e. The Labute approximate surface area is 107 Å². The summed E-state index contributed by atoms with van der Waals surface area (Å²) in [6, 6.07) is 0. The lowest BCUT2D eigenvalue weighted by molar-refractivity contribution is 0.242. The molecule has 2 fully saturated rings. The van der Waals surface area contributed by atoms with Crippen molar-refractivity contribution >= 4 is 0 Å². The summed E-state index contributed by atoms with van der Waals surface area (Å²) in [7, 11) is 0. The van der Waals surface area contributed by atoms with Crippen LogP contribution in [0.25, 0.3) is 0 Å². The van der Waals surface area contributed by atoms with Gasteiger partial charge in [-0.05, 0) is 50.1 Å². The summed E-state index contributed by atoms with van der Waals surface area (Å²) >= 11 is 0. The van der Waals surface area contributed by atoms with Gasteiger partial charge in [-0.25, -0.2) is 0 Å². The first-order chi connectivity index (χ1) is 8.35. The molecular weight excluding hydrogens is 208 g/mol. The first-order valence-corrected chi connectivity index (χ1v) is 7.75. The number of nitrogens with one attached hydrogen (secondary N) is 1. The van der Waals surface area contributed by atoms with Crippen LogP contribution in [-0.2, 0) is 0 Å². The van der Waals surface area contributed by atoms with Crippen molar-refractivity contribution in [1.29, 1.82) is 0 Å². The van der Waals surface area contributed by atoms with Gasteiger partial charge in [-0.1, -0.05) is 38.5 Å². The second-order valence-electron chi connectivity index (χ2n) is 6.38. The topological polar surface area (TPSA) is 38.0 Å². The molecule has 2 aliphatic carbocycles. The molecule has 0 spiro atoms. The number of rotatable bonds is 7. The van der Waals surface area contributed by atoms with E-state index in [9.17, 15) is 0 Å². The van der Waals surface area contributed by atoms with E-state index in [1.165, 1.54) is 70.8 Å².